The summed E-state index contributed by atoms with van der Waals surface area (Å²) in [5.74, 6) is 1.51. The van der Waals surface area contributed by atoms with E-state index in [4.69, 9.17) is 0 Å². The SMILES string of the molecule is I.N#CC1CCCC1NC(=NCC1CCS(=O)(=O)C1)NC1CCCC1. The highest BCUT2D eigenvalue weighted by Crippen LogP contribution is 2.25. The first-order chi connectivity index (χ1) is 11.6. The molecule has 3 fully saturated rings. The summed E-state index contributed by atoms with van der Waals surface area (Å²) in [5, 5.41) is 16.2. The summed E-state index contributed by atoms with van der Waals surface area (Å²) < 4.78 is 23.2. The van der Waals surface area contributed by atoms with Gasteiger partial charge in [-0.3, -0.25) is 4.99 Å². The number of nitriles is 1. The Morgan fingerprint density at radius 1 is 1.08 bits per heavy atom. The van der Waals surface area contributed by atoms with Gasteiger partial charge in [0.05, 0.1) is 23.5 Å². The van der Waals surface area contributed by atoms with E-state index in [1.165, 1.54) is 12.8 Å². The van der Waals surface area contributed by atoms with Crippen molar-refractivity contribution in [1.82, 2.24) is 10.6 Å². The second-order valence-electron chi connectivity index (χ2n) is 7.50. The first kappa shape index (κ1) is 20.7. The van der Waals surface area contributed by atoms with Gasteiger partial charge >= 0.3 is 0 Å². The maximum absolute atomic E-state index is 11.6. The molecular formula is C17H29IN4O2S. The lowest BCUT2D eigenvalue weighted by molar-refractivity contribution is 0.515. The smallest absolute Gasteiger partial charge is 0.191 e. The first-order valence-electron chi connectivity index (χ1n) is 9.23. The lowest BCUT2D eigenvalue weighted by Crippen LogP contribution is -2.48. The van der Waals surface area contributed by atoms with E-state index in [0.717, 1.165) is 38.1 Å². The van der Waals surface area contributed by atoms with Gasteiger partial charge < -0.3 is 10.6 Å². The summed E-state index contributed by atoms with van der Waals surface area (Å²) in [6.45, 7) is 0.547. The molecule has 142 valence electrons. The van der Waals surface area contributed by atoms with Crippen LogP contribution in [-0.4, -0.2) is 44.5 Å². The molecule has 0 spiro atoms. The predicted octanol–water partition coefficient (Wildman–Crippen LogP) is 2.21. The molecule has 8 heteroatoms. The summed E-state index contributed by atoms with van der Waals surface area (Å²) in [6.07, 6.45) is 8.55. The molecule has 0 aromatic rings. The fourth-order valence-corrected chi connectivity index (χ4v) is 5.95. The molecule has 3 aliphatic rings. The minimum Gasteiger partial charge on any atom is -0.354 e. The van der Waals surface area contributed by atoms with Gasteiger partial charge in [-0.05, 0) is 44.4 Å². The molecule has 2 aliphatic carbocycles. The van der Waals surface area contributed by atoms with E-state index >= 15 is 0 Å². The van der Waals surface area contributed by atoms with Gasteiger partial charge in [-0.15, -0.1) is 24.0 Å². The van der Waals surface area contributed by atoms with E-state index < -0.39 is 9.84 Å². The summed E-state index contributed by atoms with van der Waals surface area (Å²) in [5.41, 5.74) is 0. The van der Waals surface area contributed by atoms with Crippen LogP contribution in [0.3, 0.4) is 0 Å². The molecule has 0 bridgehead atoms. The van der Waals surface area contributed by atoms with Crippen LogP contribution in [0.15, 0.2) is 4.99 Å². The van der Waals surface area contributed by atoms with Crippen LogP contribution < -0.4 is 10.6 Å². The van der Waals surface area contributed by atoms with E-state index in [-0.39, 0.29) is 47.6 Å². The molecule has 2 saturated carbocycles. The zero-order valence-corrected chi connectivity index (χ0v) is 17.8. The number of hydrogen-bond donors (Lipinski definition) is 2. The Bertz CT molecular complexity index is 611. The van der Waals surface area contributed by atoms with Crippen molar-refractivity contribution in [1.29, 1.82) is 5.26 Å². The van der Waals surface area contributed by atoms with Gasteiger partial charge in [-0.2, -0.15) is 5.26 Å². The second kappa shape index (κ2) is 9.40. The van der Waals surface area contributed by atoms with E-state index in [9.17, 15) is 13.7 Å². The number of rotatable bonds is 4. The van der Waals surface area contributed by atoms with E-state index in [1.807, 2.05) is 0 Å². The topological polar surface area (TPSA) is 94.3 Å². The summed E-state index contributed by atoms with van der Waals surface area (Å²) in [4.78, 5) is 4.69. The predicted molar refractivity (Wildman–Crippen MR) is 110 cm³/mol. The number of halogens is 1. The maximum atomic E-state index is 11.6. The summed E-state index contributed by atoms with van der Waals surface area (Å²) >= 11 is 0. The number of guanidine groups is 1. The first-order valence-corrected chi connectivity index (χ1v) is 11.1. The Morgan fingerprint density at radius 3 is 2.48 bits per heavy atom. The lowest BCUT2D eigenvalue weighted by atomic mass is 10.1. The zero-order chi connectivity index (χ0) is 17.0. The highest BCUT2D eigenvalue weighted by molar-refractivity contribution is 14.0. The second-order valence-corrected chi connectivity index (χ2v) is 9.73. The number of hydrogen-bond acceptors (Lipinski definition) is 4. The van der Waals surface area contributed by atoms with Gasteiger partial charge in [0.2, 0.25) is 0 Å². The Hall–Kier alpha value is -0.560. The Labute approximate surface area is 168 Å². The van der Waals surface area contributed by atoms with Crippen LogP contribution in [0.1, 0.15) is 51.4 Å². The summed E-state index contributed by atoms with van der Waals surface area (Å²) in [7, 11) is -2.85. The average molecular weight is 480 g/mol. The van der Waals surface area contributed by atoms with Crippen LogP contribution in [0, 0.1) is 23.2 Å². The van der Waals surface area contributed by atoms with Crippen molar-refractivity contribution in [2.75, 3.05) is 18.1 Å². The van der Waals surface area contributed by atoms with E-state index in [0.29, 0.717) is 24.8 Å². The third-order valence-electron chi connectivity index (χ3n) is 5.53. The average Bonchev–Trinajstić information content (AvgIpc) is 3.26. The van der Waals surface area contributed by atoms with Gasteiger partial charge in [-0.1, -0.05) is 12.8 Å². The Balaban J connectivity index is 0.00000225. The van der Waals surface area contributed by atoms with Crippen LogP contribution in [0.2, 0.25) is 0 Å². The van der Waals surface area contributed by atoms with Gasteiger partial charge in [0.1, 0.15) is 0 Å². The molecule has 1 saturated heterocycles. The normalized spacial score (nSPS) is 32.1. The number of aliphatic imine (C=N–C) groups is 1. The molecule has 0 aromatic carbocycles. The van der Waals surface area contributed by atoms with Crippen LogP contribution in [0.5, 0.6) is 0 Å². The van der Waals surface area contributed by atoms with Crippen molar-refractivity contribution in [2.24, 2.45) is 16.8 Å². The van der Waals surface area contributed by atoms with Crippen molar-refractivity contribution >= 4 is 39.8 Å². The molecule has 3 unspecified atom stereocenters. The number of nitrogens with one attached hydrogen (secondary N) is 2. The molecule has 2 N–H and O–H groups in total. The van der Waals surface area contributed by atoms with Crippen molar-refractivity contribution in [3.8, 4) is 6.07 Å². The highest BCUT2D eigenvalue weighted by atomic mass is 127. The zero-order valence-electron chi connectivity index (χ0n) is 14.6. The maximum Gasteiger partial charge on any atom is 0.191 e. The summed E-state index contributed by atoms with van der Waals surface area (Å²) in [6, 6.07) is 3.01. The molecule has 0 aromatic heterocycles. The van der Waals surface area contributed by atoms with Crippen molar-refractivity contribution in [3.05, 3.63) is 0 Å². The van der Waals surface area contributed by atoms with Gasteiger partial charge in [0, 0.05) is 18.6 Å². The molecule has 25 heavy (non-hydrogen) atoms. The van der Waals surface area contributed by atoms with Crippen LogP contribution >= 0.6 is 24.0 Å². The molecule has 3 atom stereocenters. The van der Waals surface area contributed by atoms with E-state index in [1.54, 1.807) is 0 Å². The quantitative estimate of drug-likeness (QED) is 0.366. The third-order valence-corrected chi connectivity index (χ3v) is 7.37. The van der Waals surface area contributed by atoms with Crippen LogP contribution in [0.4, 0.5) is 0 Å². The minimum atomic E-state index is -2.85. The third kappa shape index (κ3) is 5.98. The molecule has 6 nitrogen and oxygen atoms in total. The molecule has 0 radical (unpaired) electrons. The highest BCUT2D eigenvalue weighted by Gasteiger charge is 2.30. The molecular weight excluding hydrogens is 451 g/mol. The van der Waals surface area contributed by atoms with Crippen LogP contribution in [0.25, 0.3) is 0 Å². The molecule has 1 aliphatic heterocycles. The number of sulfone groups is 1. The molecule has 1 heterocycles. The van der Waals surface area contributed by atoms with Gasteiger partial charge in [0.25, 0.3) is 0 Å². The van der Waals surface area contributed by atoms with Crippen molar-refractivity contribution < 1.29 is 8.42 Å². The number of nitrogens with zero attached hydrogens (tertiary/aromatic N) is 2. The lowest BCUT2D eigenvalue weighted by Gasteiger charge is -2.23. The minimum absolute atomic E-state index is 0. The fraction of sp³-hybridized carbons (Fsp3) is 0.882. The van der Waals surface area contributed by atoms with Crippen molar-refractivity contribution in [2.45, 2.75) is 63.5 Å². The monoisotopic (exact) mass is 480 g/mol. The Morgan fingerprint density at radius 2 is 1.84 bits per heavy atom. The molecule has 0 amide bonds. The Kier molecular flexibility index (Phi) is 7.80. The van der Waals surface area contributed by atoms with Gasteiger partial charge in [-0.25, -0.2) is 8.42 Å². The van der Waals surface area contributed by atoms with Gasteiger partial charge in [0.15, 0.2) is 15.8 Å². The van der Waals surface area contributed by atoms with E-state index in [2.05, 4.69) is 21.7 Å². The largest absolute Gasteiger partial charge is 0.354 e. The fourth-order valence-electron chi connectivity index (χ4n) is 4.10. The molecule has 3 rings (SSSR count). The van der Waals surface area contributed by atoms with Crippen molar-refractivity contribution in [3.63, 3.8) is 0 Å². The van der Waals surface area contributed by atoms with Crippen LogP contribution in [-0.2, 0) is 9.84 Å². The standard InChI is InChI=1S/C17H28N4O2S.HI/c18-10-14-4-3-7-16(14)21-17(20-15-5-1-2-6-15)19-11-13-8-9-24(22,23)12-13;/h13-16H,1-9,11-12H2,(H2,19,20,21);1H.